The van der Waals surface area contributed by atoms with Crippen LogP contribution in [0.4, 0.5) is 0 Å². The molecule has 2 atom stereocenters. The number of carbonyl (C=O) groups is 1. The van der Waals surface area contributed by atoms with Crippen molar-refractivity contribution < 1.29 is 9.90 Å². The second kappa shape index (κ2) is 2.78. The predicted octanol–water partition coefficient (Wildman–Crippen LogP) is 1.62. The van der Waals surface area contributed by atoms with Gasteiger partial charge in [0.1, 0.15) is 6.33 Å². The first-order chi connectivity index (χ1) is 7.24. The van der Waals surface area contributed by atoms with E-state index in [1.54, 1.807) is 0 Å². The summed E-state index contributed by atoms with van der Waals surface area (Å²) in [5.41, 5.74) is 1.16. The number of fused-ring (bicyclic) bond motifs is 1. The molecular formula is C11H12N2O2. The molecule has 1 aromatic heterocycles. The molecule has 0 amide bonds. The highest BCUT2D eigenvalue weighted by molar-refractivity contribution is 5.89. The molecule has 4 heteroatoms. The minimum absolute atomic E-state index is 0.0939. The fourth-order valence-electron chi connectivity index (χ4n) is 3.02. The fourth-order valence-corrected chi connectivity index (χ4v) is 3.02. The summed E-state index contributed by atoms with van der Waals surface area (Å²) >= 11 is 0. The Balaban J connectivity index is 2.08. The van der Waals surface area contributed by atoms with Crippen molar-refractivity contribution in [1.82, 2.24) is 9.97 Å². The van der Waals surface area contributed by atoms with Crippen LogP contribution in [0, 0.1) is 5.92 Å². The lowest BCUT2D eigenvalue weighted by atomic mass is 9.95. The SMILES string of the molecule is O=C(O)c1cncnc1C12CCCC1C2. The second-order valence-electron chi connectivity index (χ2n) is 4.54. The molecule has 0 saturated heterocycles. The number of carboxylic acids is 1. The molecule has 4 nitrogen and oxygen atoms in total. The van der Waals surface area contributed by atoms with Gasteiger partial charge in [-0.05, 0) is 25.2 Å². The number of nitrogens with zero attached hydrogens (tertiary/aromatic N) is 2. The number of aromatic carboxylic acids is 1. The maximum absolute atomic E-state index is 11.1. The van der Waals surface area contributed by atoms with E-state index >= 15 is 0 Å². The molecule has 78 valence electrons. The molecule has 1 N–H and O–H groups in total. The van der Waals surface area contributed by atoms with Crippen LogP contribution in [0.1, 0.15) is 41.7 Å². The van der Waals surface area contributed by atoms with Crippen LogP contribution < -0.4 is 0 Å². The van der Waals surface area contributed by atoms with E-state index in [0.29, 0.717) is 11.5 Å². The van der Waals surface area contributed by atoms with Crippen LogP contribution in [0.15, 0.2) is 12.5 Å². The van der Waals surface area contributed by atoms with Gasteiger partial charge in [0.2, 0.25) is 0 Å². The Morgan fingerprint density at radius 1 is 1.60 bits per heavy atom. The monoisotopic (exact) mass is 204 g/mol. The molecule has 2 aliphatic carbocycles. The summed E-state index contributed by atoms with van der Waals surface area (Å²) in [6.07, 6.45) is 7.52. The zero-order valence-electron chi connectivity index (χ0n) is 8.31. The second-order valence-corrected chi connectivity index (χ2v) is 4.54. The van der Waals surface area contributed by atoms with Gasteiger partial charge in [0, 0.05) is 11.6 Å². The third-order valence-electron chi connectivity index (χ3n) is 3.82. The Morgan fingerprint density at radius 2 is 2.47 bits per heavy atom. The van der Waals surface area contributed by atoms with E-state index in [4.69, 9.17) is 5.11 Å². The quantitative estimate of drug-likeness (QED) is 0.795. The van der Waals surface area contributed by atoms with Crippen LogP contribution in [0.3, 0.4) is 0 Å². The van der Waals surface area contributed by atoms with Gasteiger partial charge in [0.05, 0.1) is 11.3 Å². The number of rotatable bonds is 2. The van der Waals surface area contributed by atoms with Crippen molar-refractivity contribution in [3.05, 3.63) is 23.8 Å². The summed E-state index contributed by atoms with van der Waals surface area (Å²) < 4.78 is 0. The lowest BCUT2D eigenvalue weighted by molar-refractivity contribution is 0.0693. The highest BCUT2D eigenvalue weighted by Gasteiger charge is 2.59. The molecular weight excluding hydrogens is 192 g/mol. The van der Waals surface area contributed by atoms with Crippen LogP contribution in [-0.2, 0) is 5.41 Å². The summed E-state index contributed by atoms with van der Waals surface area (Å²) in [7, 11) is 0. The fraction of sp³-hybridized carbons (Fsp3) is 0.545. The van der Waals surface area contributed by atoms with Gasteiger partial charge >= 0.3 is 5.97 Å². The maximum atomic E-state index is 11.1. The highest BCUT2D eigenvalue weighted by atomic mass is 16.4. The van der Waals surface area contributed by atoms with E-state index < -0.39 is 5.97 Å². The van der Waals surface area contributed by atoms with Crippen molar-refractivity contribution in [2.45, 2.75) is 31.1 Å². The van der Waals surface area contributed by atoms with Gasteiger partial charge in [-0.15, -0.1) is 0 Å². The minimum atomic E-state index is -0.905. The van der Waals surface area contributed by atoms with Crippen LogP contribution >= 0.6 is 0 Å². The molecule has 0 aromatic carbocycles. The summed E-state index contributed by atoms with van der Waals surface area (Å²) in [6, 6.07) is 0. The molecule has 0 radical (unpaired) electrons. The predicted molar refractivity (Wildman–Crippen MR) is 52.6 cm³/mol. The van der Waals surface area contributed by atoms with E-state index in [-0.39, 0.29) is 5.41 Å². The van der Waals surface area contributed by atoms with E-state index in [2.05, 4.69) is 9.97 Å². The Morgan fingerprint density at radius 3 is 3.07 bits per heavy atom. The van der Waals surface area contributed by atoms with Crippen LogP contribution in [0.25, 0.3) is 0 Å². The van der Waals surface area contributed by atoms with E-state index in [0.717, 1.165) is 18.5 Å². The minimum Gasteiger partial charge on any atom is -0.478 e. The molecule has 3 rings (SSSR count). The van der Waals surface area contributed by atoms with Crippen molar-refractivity contribution in [2.75, 3.05) is 0 Å². The zero-order chi connectivity index (χ0) is 10.5. The molecule has 1 aromatic rings. The van der Waals surface area contributed by atoms with Gasteiger partial charge in [0.25, 0.3) is 0 Å². The number of hydrogen-bond acceptors (Lipinski definition) is 3. The number of aromatic nitrogens is 2. The van der Waals surface area contributed by atoms with Gasteiger partial charge in [0.15, 0.2) is 0 Å². The van der Waals surface area contributed by atoms with Gasteiger partial charge in [-0.3, -0.25) is 0 Å². The third kappa shape index (κ3) is 1.11. The molecule has 0 spiro atoms. The summed E-state index contributed by atoms with van der Waals surface area (Å²) in [6.45, 7) is 0. The first kappa shape index (κ1) is 8.83. The van der Waals surface area contributed by atoms with Gasteiger partial charge in [-0.1, -0.05) is 6.42 Å². The molecule has 2 fully saturated rings. The first-order valence-electron chi connectivity index (χ1n) is 5.28. The van der Waals surface area contributed by atoms with E-state index in [1.807, 2.05) is 0 Å². The molecule has 1 heterocycles. The molecule has 2 saturated carbocycles. The van der Waals surface area contributed by atoms with Crippen molar-refractivity contribution >= 4 is 5.97 Å². The lowest BCUT2D eigenvalue weighted by Gasteiger charge is -2.12. The van der Waals surface area contributed by atoms with Gasteiger partial charge in [-0.2, -0.15) is 0 Å². The summed E-state index contributed by atoms with van der Waals surface area (Å²) in [5, 5.41) is 9.08. The Labute approximate surface area is 87.4 Å². The van der Waals surface area contributed by atoms with Gasteiger partial charge < -0.3 is 5.11 Å². The smallest absolute Gasteiger partial charge is 0.339 e. The molecule has 2 aliphatic rings. The Hall–Kier alpha value is -1.45. The van der Waals surface area contributed by atoms with Crippen molar-refractivity contribution in [1.29, 1.82) is 0 Å². The first-order valence-corrected chi connectivity index (χ1v) is 5.28. The molecule has 0 aliphatic heterocycles. The average molecular weight is 204 g/mol. The molecule has 2 unspecified atom stereocenters. The van der Waals surface area contributed by atoms with E-state index in [1.165, 1.54) is 25.4 Å². The normalized spacial score (nSPS) is 32.4. The van der Waals surface area contributed by atoms with Crippen molar-refractivity contribution in [3.8, 4) is 0 Å². The lowest BCUT2D eigenvalue weighted by Crippen LogP contribution is -2.15. The molecule has 0 bridgehead atoms. The Bertz CT molecular complexity index is 432. The number of hydrogen-bond donors (Lipinski definition) is 1. The maximum Gasteiger partial charge on any atom is 0.339 e. The number of carboxylic acid groups (broad SMARTS) is 1. The molecule has 15 heavy (non-hydrogen) atoms. The topological polar surface area (TPSA) is 63.1 Å². The largest absolute Gasteiger partial charge is 0.478 e. The van der Waals surface area contributed by atoms with Crippen molar-refractivity contribution in [3.63, 3.8) is 0 Å². The van der Waals surface area contributed by atoms with Crippen molar-refractivity contribution in [2.24, 2.45) is 5.92 Å². The zero-order valence-corrected chi connectivity index (χ0v) is 8.31. The van der Waals surface area contributed by atoms with Crippen LogP contribution in [0.2, 0.25) is 0 Å². The Kier molecular flexibility index (Phi) is 1.63. The average Bonchev–Trinajstić information content (AvgIpc) is 2.82. The van der Waals surface area contributed by atoms with Crippen LogP contribution in [-0.4, -0.2) is 21.0 Å². The highest BCUT2D eigenvalue weighted by Crippen LogP contribution is 2.64. The van der Waals surface area contributed by atoms with Gasteiger partial charge in [-0.25, -0.2) is 14.8 Å². The summed E-state index contributed by atoms with van der Waals surface area (Å²) in [4.78, 5) is 19.1. The van der Waals surface area contributed by atoms with E-state index in [9.17, 15) is 4.79 Å². The third-order valence-corrected chi connectivity index (χ3v) is 3.82. The summed E-state index contributed by atoms with van der Waals surface area (Å²) in [5.74, 6) is -0.233. The standard InChI is InChI=1S/C11H12N2O2/c14-10(15)8-5-12-6-13-9(8)11-3-1-2-7(11)4-11/h5-7H,1-4H2,(H,14,15). The van der Waals surface area contributed by atoms with Crippen LogP contribution in [0.5, 0.6) is 0 Å².